The van der Waals surface area contributed by atoms with Crippen LogP contribution < -0.4 is 5.32 Å². The van der Waals surface area contributed by atoms with Gasteiger partial charge in [0.1, 0.15) is 0 Å². The molecule has 1 fully saturated rings. The van der Waals surface area contributed by atoms with Gasteiger partial charge in [-0.15, -0.1) is 0 Å². The van der Waals surface area contributed by atoms with Crippen molar-refractivity contribution in [2.24, 2.45) is 16.7 Å². The molecule has 0 radical (unpaired) electrons. The minimum absolute atomic E-state index is 0.511. The molecule has 0 saturated heterocycles. The van der Waals surface area contributed by atoms with E-state index in [2.05, 4.69) is 46.9 Å². The minimum atomic E-state index is 0.511. The molecular weight excluding hydrogens is 206 g/mol. The van der Waals surface area contributed by atoms with Gasteiger partial charge in [0, 0.05) is 6.04 Å². The van der Waals surface area contributed by atoms with E-state index in [1.165, 1.54) is 38.6 Å². The fourth-order valence-electron chi connectivity index (χ4n) is 3.81. The largest absolute Gasteiger partial charge is 0.314 e. The van der Waals surface area contributed by atoms with Crippen LogP contribution in [0.3, 0.4) is 0 Å². The molecule has 1 nitrogen and oxygen atoms in total. The fraction of sp³-hybridized carbons (Fsp3) is 1.00. The Labute approximate surface area is 109 Å². The highest BCUT2D eigenvalue weighted by Crippen LogP contribution is 2.45. The van der Waals surface area contributed by atoms with Gasteiger partial charge in [0.15, 0.2) is 0 Å². The zero-order chi connectivity index (χ0) is 13.1. The second-order valence-electron chi connectivity index (χ2n) is 8.10. The molecule has 0 heterocycles. The summed E-state index contributed by atoms with van der Waals surface area (Å²) in [5, 5.41) is 3.79. The zero-order valence-corrected chi connectivity index (χ0v) is 12.9. The summed E-state index contributed by atoms with van der Waals surface area (Å²) < 4.78 is 0. The van der Waals surface area contributed by atoms with Crippen LogP contribution in [0.15, 0.2) is 0 Å². The molecule has 1 rings (SSSR count). The van der Waals surface area contributed by atoms with Gasteiger partial charge in [0.25, 0.3) is 0 Å². The maximum Gasteiger partial charge on any atom is 0.00772 e. The standard InChI is InChI=1S/C16H33N/c1-13(2)8-7-9-17-14-10-15(3,4)12-16(5,6)11-14/h13-14,17H,7-12H2,1-6H3. The Bertz CT molecular complexity index is 212. The summed E-state index contributed by atoms with van der Waals surface area (Å²) in [6.45, 7) is 15.5. The van der Waals surface area contributed by atoms with E-state index in [9.17, 15) is 0 Å². The third kappa shape index (κ3) is 5.90. The van der Waals surface area contributed by atoms with Gasteiger partial charge in [-0.05, 0) is 55.4 Å². The molecule has 102 valence electrons. The molecule has 0 amide bonds. The van der Waals surface area contributed by atoms with E-state index in [0.29, 0.717) is 10.8 Å². The minimum Gasteiger partial charge on any atom is -0.314 e. The predicted molar refractivity (Wildman–Crippen MR) is 77.3 cm³/mol. The van der Waals surface area contributed by atoms with Crippen LogP contribution in [0.4, 0.5) is 0 Å². The van der Waals surface area contributed by atoms with E-state index in [1.807, 2.05) is 0 Å². The van der Waals surface area contributed by atoms with Crippen LogP contribution in [0.5, 0.6) is 0 Å². The number of rotatable bonds is 5. The zero-order valence-electron chi connectivity index (χ0n) is 12.9. The molecular formula is C16H33N. The lowest BCUT2D eigenvalue weighted by Crippen LogP contribution is -2.44. The molecule has 0 aromatic carbocycles. The van der Waals surface area contributed by atoms with Gasteiger partial charge in [-0.1, -0.05) is 41.5 Å². The molecule has 0 atom stereocenters. The van der Waals surface area contributed by atoms with Gasteiger partial charge in [-0.25, -0.2) is 0 Å². The van der Waals surface area contributed by atoms with Crippen molar-refractivity contribution in [1.82, 2.24) is 5.32 Å². The van der Waals surface area contributed by atoms with Crippen LogP contribution in [0.25, 0.3) is 0 Å². The van der Waals surface area contributed by atoms with E-state index in [1.54, 1.807) is 0 Å². The molecule has 0 aromatic heterocycles. The second kappa shape index (κ2) is 5.73. The lowest BCUT2D eigenvalue weighted by molar-refractivity contribution is 0.0850. The molecule has 0 aliphatic heterocycles. The quantitative estimate of drug-likeness (QED) is 0.690. The Balaban J connectivity index is 2.33. The maximum absolute atomic E-state index is 3.79. The van der Waals surface area contributed by atoms with Crippen LogP contribution in [0.2, 0.25) is 0 Å². The van der Waals surface area contributed by atoms with Gasteiger partial charge in [0.05, 0.1) is 0 Å². The highest BCUT2D eigenvalue weighted by Gasteiger charge is 2.37. The van der Waals surface area contributed by atoms with E-state index in [0.717, 1.165) is 12.0 Å². The topological polar surface area (TPSA) is 12.0 Å². The molecule has 1 heteroatoms. The van der Waals surface area contributed by atoms with Crippen molar-refractivity contribution in [1.29, 1.82) is 0 Å². The normalized spacial score (nSPS) is 24.2. The van der Waals surface area contributed by atoms with Gasteiger partial charge < -0.3 is 5.32 Å². The van der Waals surface area contributed by atoms with E-state index in [-0.39, 0.29) is 0 Å². The number of hydrogen-bond donors (Lipinski definition) is 1. The van der Waals surface area contributed by atoms with E-state index >= 15 is 0 Å². The Morgan fingerprint density at radius 3 is 2.06 bits per heavy atom. The molecule has 1 N–H and O–H groups in total. The molecule has 0 unspecified atom stereocenters. The molecule has 1 saturated carbocycles. The van der Waals surface area contributed by atoms with Crippen LogP contribution in [0, 0.1) is 16.7 Å². The van der Waals surface area contributed by atoms with Crippen molar-refractivity contribution >= 4 is 0 Å². The average molecular weight is 239 g/mol. The van der Waals surface area contributed by atoms with Crippen LogP contribution >= 0.6 is 0 Å². The van der Waals surface area contributed by atoms with Gasteiger partial charge in [-0.3, -0.25) is 0 Å². The average Bonchev–Trinajstić information content (AvgIpc) is 2.06. The van der Waals surface area contributed by atoms with Crippen molar-refractivity contribution in [3.8, 4) is 0 Å². The highest BCUT2D eigenvalue weighted by atomic mass is 14.9. The Morgan fingerprint density at radius 1 is 1.06 bits per heavy atom. The summed E-state index contributed by atoms with van der Waals surface area (Å²) in [5.74, 6) is 0.844. The lowest BCUT2D eigenvalue weighted by Gasteiger charge is -2.45. The predicted octanol–water partition coefficient (Wildman–Crippen LogP) is 4.62. The summed E-state index contributed by atoms with van der Waals surface area (Å²) in [4.78, 5) is 0. The Morgan fingerprint density at radius 2 is 1.59 bits per heavy atom. The first-order valence-corrected chi connectivity index (χ1v) is 7.44. The third-order valence-electron chi connectivity index (χ3n) is 3.95. The summed E-state index contributed by atoms with van der Waals surface area (Å²) in [6, 6.07) is 0.737. The van der Waals surface area contributed by atoms with Crippen molar-refractivity contribution in [3.63, 3.8) is 0 Å². The summed E-state index contributed by atoms with van der Waals surface area (Å²) >= 11 is 0. The number of hydrogen-bond acceptors (Lipinski definition) is 1. The van der Waals surface area contributed by atoms with Crippen LogP contribution in [-0.4, -0.2) is 12.6 Å². The van der Waals surface area contributed by atoms with E-state index in [4.69, 9.17) is 0 Å². The Kier molecular flexibility index (Phi) is 5.07. The molecule has 0 spiro atoms. The fourth-order valence-corrected chi connectivity index (χ4v) is 3.81. The number of nitrogens with one attached hydrogen (secondary N) is 1. The summed E-state index contributed by atoms with van der Waals surface area (Å²) in [5.41, 5.74) is 1.02. The smallest absolute Gasteiger partial charge is 0.00772 e. The second-order valence-corrected chi connectivity index (χ2v) is 8.10. The van der Waals surface area contributed by atoms with Crippen molar-refractivity contribution < 1.29 is 0 Å². The monoisotopic (exact) mass is 239 g/mol. The summed E-state index contributed by atoms with van der Waals surface area (Å²) in [6.07, 6.45) is 6.74. The first kappa shape index (κ1) is 15.0. The van der Waals surface area contributed by atoms with E-state index < -0.39 is 0 Å². The van der Waals surface area contributed by atoms with Crippen LogP contribution in [0.1, 0.15) is 73.6 Å². The van der Waals surface area contributed by atoms with Gasteiger partial charge in [0.2, 0.25) is 0 Å². The third-order valence-corrected chi connectivity index (χ3v) is 3.95. The molecule has 1 aliphatic rings. The molecule has 0 bridgehead atoms. The Hall–Kier alpha value is -0.0400. The van der Waals surface area contributed by atoms with Gasteiger partial charge in [-0.2, -0.15) is 0 Å². The SMILES string of the molecule is CC(C)CCCNC1CC(C)(C)CC(C)(C)C1. The first-order valence-electron chi connectivity index (χ1n) is 7.44. The maximum atomic E-state index is 3.79. The van der Waals surface area contributed by atoms with Crippen molar-refractivity contribution in [3.05, 3.63) is 0 Å². The van der Waals surface area contributed by atoms with Crippen molar-refractivity contribution in [2.75, 3.05) is 6.54 Å². The van der Waals surface area contributed by atoms with Gasteiger partial charge >= 0.3 is 0 Å². The lowest BCUT2D eigenvalue weighted by atomic mass is 9.63. The molecule has 0 aromatic rings. The summed E-state index contributed by atoms with van der Waals surface area (Å²) in [7, 11) is 0. The first-order chi connectivity index (χ1) is 7.70. The molecule has 1 aliphatic carbocycles. The van der Waals surface area contributed by atoms with Crippen LogP contribution in [-0.2, 0) is 0 Å². The highest BCUT2D eigenvalue weighted by molar-refractivity contribution is 4.92. The van der Waals surface area contributed by atoms with Crippen molar-refractivity contribution in [2.45, 2.75) is 79.7 Å². The molecule has 17 heavy (non-hydrogen) atoms.